The van der Waals surface area contributed by atoms with Crippen molar-refractivity contribution in [3.8, 4) is 0 Å². The number of para-hydroxylation sites is 1. The van der Waals surface area contributed by atoms with Crippen LogP contribution in [0.15, 0.2) is 24.4 Å². The molecule has 4 heteroatoms. The van der Waals surface area contributed by atoms with Gasteiger partial charge in [0.05, 0.1) is 11.7 Å². The second kappa shape index (κ2) is 3.14. The fourth-order valence-corrected chi connectivity index (χ4v) is 1.75. The van der Waals surface area contributed by atoms with Gasteiger partial charge in [-0.2, -0.15) is 0 Å². The van der Waals surface area contributed by atoms with Crippen LogP contribution in [-0.4, -0.2) is 9.97 Å². The van der Waals surface area contributed by atoms with E-state index in [1.54, 1.807) is 6.20 Å². The number of hydrogen-bond acceptors (Lipinski definition) is 2. The summed E-state index contributed by atoms with van der Waals surface area (Å²) >= 11 is 7.92. The Morgan fingerprint density at radius 2 is 2.17 bits per heavy atom. The zero-order valence-corrected chi connectivity index (χ0v) is 8.87. The molecule has 0 bridgehead atoms. The Kier molecular flexibility index (Phi) is 2.14. The number of aromatic nitrogens is 2. The van der Waals surface area contributed by atoms with Crippen molar-refractivity contribution in [2.75, 3.05) is 0 Å². The summed E-state index contributed by atoms with van der Waals surface area (Å²) in [6, 6.07) is 5.83. The zero-order chi connectivity index (χ0) is 8.55. The largest absolute Gasteiger partial charge is 0.250 e. The van der Waals surface area contributed by atoms with Crippen molar-refractivity contribution in [2.45, 2.75) is 0 Å². The number of fused-ring (bicyclic) bond motifs is 1. The molecule has 60 valence electrons. The topological polar surface area (TPSA) is 25.8 Å². The van der Waals surface area contributed by atoms with E-state index < -0.39 is 0 Å². The molecular formula is C8H4ClIN2. The van der Waals surface area contributed by atoms with Gasteiger partial charge in [-0.3, -0.25) is 4.98 Å². The molecule has 0 fully saturated rings. The molecule has 2 rings (SSSR count). The van der Waals surface area contributed by atoms with Gasteiger partial charge >= 0.3 is 0 Å². The van der Waals surface area contributed by atoms with Crippen LogP contribution in [-0.2, 0) is 0 Å². The van der Waals surface area contributed by atoms with Crippen LogP contribution in [0.3, 0.4) is 0 Å². The molecule has 1 aromatic carbocycles. The van der Waals surface area contributed by atoms with Gasteiger partial charge in [-0.1, -0.05) is 17.7 Å². The molecule has 0 saturated carbocycles. The highest BCUT2D eigenvalue weighted by Gasteiger charge is 1.99. The number of nitrogens with zero attached hydrogens (tertiary/aromatic N) is 2. The molecule has 0 N–H and O–H groups in total. The number of halogens is 2. The predicted octanol–water partition coefficient (Wildman–Crippen LogP) is 2.89. The quantitative estimate of drug-likeness (QED) is 0.697. The van der Waals surface area contributed by atoms with Crippen molar-refractivity contribution in [1.29, 1.82) is 0 Å². The molecule has 0 aliphatic carbocycles. The molecule has 0 unspecified atom stereocenters. The normalized spacial score (nSPS) is 10.5. The average molecular weight is 290 g/mol. The van der Waals surface area contributed by atoms with E-state index in [0.717, 1.165) is 14.6 Å². The average Bonchev–Trinajstić information content (AvgIpc) is 2.04. The molecule has 0 spiro atoms. The lowest BCUT2D eigenvalue weighted by Gasteiger charge is -1.97. The maximum absolute atomic E-state index is 5.69. The summed E-state index contributed by atoms with van der Waals surface area (Å²) in [7, 11) is 0. The second-order valence-corrected chi connectivity index (χ2v) is 3.85. The summed E-state index contributed by atoms with van der Waals surface area (Å²) in [4.78, 5) is 8.31. The monoisotopic (exact) mass is 290 g/mol. The van der Waals surface area contributed by atoms with Gasteiger partial charge in [-0.25, -0.2) is 4.98 Å². The van der Waals surface area contributed by atoms with Crippen LogP contribution in [0.25, 0.3) is 11.0 Å². The first-order chi connectivity index (χ1) is 5.77. The zero-order valence-electron chi connectivity index (χ0n) is 5.96. The van der Waals surface area contributed by atoms with Crippen LogP contribution < -0.4 is 0 Å². The third-order valence-corrected chi connectivity index (χ3v) is 2.55. The third-order valence-electron chi connectivity index (χ3n) is 1.49. The van der Waals surface area contributed by atoms with Crippen LogP contribution >= 0.6 is 34.2 Å². The molecule has 0 aliphatic rings. The van der Waals surface area contributed by atoms with Crippen LogP contribution in [0.1, 0.15) is 0 Å². The van der Waals surface area contributed by atoms with Gasteiger partial charge in [-0.15, -0.1) is 0 Å². The fraction of sp³-hybridized carbons (Fsp3) is 0. The lowest BCUT2D eigenvalue weighted by molar-refractivity contribution is 1.29. The van der Waals surface area contributed by atoms with Gasteiger partial charge in [0.15, 0.2) is 0 Å². The summed E-state index contributed by atoms with van der Waals surface area (Å²) in [5.74, 6) is 0. The van der Waals surface area contributed by atoms with Crippen molar-refractivity contribution in [3.63, 3.8) is 0 Å². The van der Waals surface area contributed by atoms with Gasteiger partial charge in [0.2, 0.25) is 0 Å². The van der Waals surface area contributed by atoms with Gasteiger partial charge in [-0.05, 0) is 34.7 Å². The van der Waals surface area contributed by atoms with E-state index in [-0.39, 0.29) is 0 Å². The van der Waals surface area contributed by atoms with Crippen LogP contribution in [0.4, 0.5) is 0 Å². The first-order valence-electron chi connectivity index (χ1n) is 3.34. The van der Waals surface area contributed by atoms with E-state index in [0.29, 0.717) is 5.15 Å². The highest BCUT2D eigenvalue weighted by molar-refractivity contribution is 14.1. The van der Waals surface area contributed by atoms with Crippen molar-refractivity contribution < 1.29 is 0 Å². The summed E-state index contributed by atoms with van der Waals surface area (Å²) in [5, 5.41) is 0.435. The standard InChI is InChI=1S/C8H4ClIN2/c9-7-4-11-8-5(10)2-1-3-6(8)12-7/h1-4H. The smallest absolute Gasteiger partial charge is 0.148 e. The van der Waals surface area contributed by atoms with E-state index in [1.165, 1.54) is 0 Å². The molecule has 1 aromatic heterocycles. The Morgan fingerprint density at radius 1 is 1.33 bits per heavy atom. The molecular weight excluding hydrogens is 286 g/mol. The summed E-state index contributed by atoms with van der Waals surface area (Å²) in [6.07, 6.45) is 1.56. The van der Waals surface area contributed by atoms with E-state index in [2.05, 4.69) is 32.6 Å². The van der Waals surface area contributed by atoms with E-state index in [9.17, 15) is 0 Å². The predicted molar refractivity (Wildman–Crippen MR) is 57.3 cm³/mol. The molecule has 0 radical (unpaired) electrons. The molecule has 2 nitrogen and oxygen atoms in total. The first-order valence-corrected chi connectivity index (χ1v) is 4.80. The summed E-state index contributed by atoms with van der Waals surface area (Å²) in [5.41, 5.74) is 1.75. The molecule has 0 aliphatic heterocycles. The highest BCUT2D eigenvalue weighted by atomic mass is 127. The molecule has 0 amide bonds. The summed E-state index contributed by atoms with van der Waals surface area (Å²) < 4.78 is 1.09. The summed E-state index contributed by atoms with van der Waals surface area (Å²) in [6.45, 7) is 0. The maximum atomic E-state index is 5.69. The molecule has 0 atom stereocenters. The van der Waals surface area contributed by atoms with Gasteiger partial charge in [0.25, 0.3) is 0 Å². The lowest BCUT2D eigenvalue weighted by atomic mass is 10.3. The Morgan fingerprint density at radius 3 is 3.00 bits per heavy atom. The minimum Gasteiger partial charge on any atom is -0.250 e. The maximum Gasteiger partial charge on any atom is 0.148 e. The van der Waals surface area contributed by atoms with E-state index in [1.807, 2.05) is 18.2 Å². The lowest BCUT2D eigenvalue weighted by Crippen LogP contribution is -1.85. The molecule has 1 heterocycles. The molecule has 12 heavy (non-hydrogen) atoms. The molecule has 2 aromatic rings. The Labute approximate surface area is 88.1 Å². The van der Waals surface area contributed by atoms with Crippen molar-refractivity contribution in [1.82, 2.24) is 9.97 Å². The minimum absolute atomic E-state index is 0.435. The number of rotatable bonds is 0. The van der Waals surface area contributed by atoms with E-state index in [4.69, 9.17) is 11.6 Å². The van der Waals surface area contributed by atoms with Gasteiger partial charge < -0.3 is 0 Å². The van der Waals surface area contributed by atoms with Crippen LogP contribution in [0.5, 0.6) is 0 Å². The van der Waals surface area contributed by atoms with Crippen molar-refractivity contribution in [3.05, 3.63) is 33.1 Å². The third kappa shape index (κ3) is 1.38. The SMILES string of the molecule is Clc1cnc2c(I)cccc2n1. The number of hydrogen-bond donors (Lipinski definition) is 0. The number of benzene rings is 1. The van der Waals surface area contributed by atoms with E-state index >= 15 is 0 Å². The van der Waals surface area contributed by atoms with Crippen molar-refractivity contribution >= 4 is 45.2 Å². The Bertz CT molecular complexity index is 430. The highest BCUT2D eigenvalue weighted by Crippen LogP contribution is 2.17. The van der Waals surface area contributed by atoms with Crippen LogP contribution in [0.2, 0.25) is 5.15 Å². The Balaban J connectivity index is 2.86. The van der Waals surface area contributed by atoms with Crippen LogP contribution in [0, 0.1) is 3.57 Å². The molecule has 0 saturated heterocycles. The second-order valence-electron chi connectivity index (χ2n) is 2.30. The first kappa shape index (κ1) is 8.19. The Hall–Kier alpha value is -0.420. The minimum atomic E-state index is 0.435. The van der Waals surface area contributed by atoms with Gasteiger partial charge in [0.1, 0.15) is 10.7 Å². The van der Waals surface area contributed by atoms with Crippen molar-refractivity contribution in [2.24, 2.45) is 0 Å². The fourth-order valence-electron chi connectivity index (χ4n) is 0.984. The van der Waals surface area contributed by atoms with Gasteiger partial charge in [0, 0.05) is 3.57 Å².